The van der Waals surface area contributed by atoms with Gasteiger partial charge in [-0.2, -0.15) is 0 Å². The fraction of sp³-hybridized carbons (Fsp3) is 0.833. The number of allylic oxidation sites excluding steroid dienone is 5. The van der Waals surface area contributed by atoms with Crippen LogP contribution >= 0.6 is 0 Å². The van der Waals surface area contributed by atoms with Crippen molar-refractivity contribution in [1.29, 1.82) is 0 Å². The van der Waals surface area contributed by atoms with Crippen molar-refractivity contribution in [3.63, 3.8) is 0 Å². The number of rotatable bonds is 8. The average molecular weight is 680 g/mol. The summed E-state index contributed by atoms with van der Waals surface area (Å²) in [6, 6.07) is 0. The summed E-state index contributed by atoms with van der Waals surface area (Å²) in [6.07, 6.45) is 16.6. The Morgan fingerprint density at radius 1 is 1.00 bits per heavy atom. The number of aliphatic hydroxyl groups excluding tert-OH is 1. The second kappa shape index (κ2) is 12.3. The molecule has 0 spiro atoms. The van der Waals surface area contributed by atoms with Crippen LogP contribution in [0.3, 0.4) is 0 Å². The zero-order valence-electron chi connectivity index (χ0n) is 31.5. The highest BCUT2D eigenvalue weighted by molar-refractivity contribution is 5.75. The van der Waals surface area contributed by atoms with Crippen LogP contribution in [0.15, 0.2) is 35.5 Å². The van der Waals surface area contributed by atoms with Gasteiger partial charge in [-0.25, -0.2) is 4.39 Å². The van der Waals surface area contributed by atoms with Gasteiger partial charge in [0, 0.05) is 31.7 Å². The molecule has 4 saturated carbocycles. The lowest BCUT2D eigenvalue weighted by Gasteiger charge is -2.72. The maximum Gasteiger partial charge on any atom is 0.312 e. The minimum absolute atomic E-state index is 0.00255. The molecule has 7 aliphatic rings. The number of fused-ring (bicyclic) bond motifs is 7. The standard InChI is InChI=1S/C42H66FN3O3/c1-27(2)29-12-19-42(45-23-25-46-24-22-44-36(46)49)21-20-39(6)31(34(29)42)8-9-33-38(5)15-13-30(37(3,4)32(38)14-16-40(33,39)7)28-10-17-41(26-43,18-11-28)35(47)48/h10,13,29,31-34,36,44-45,49H,1,8-9,11-12,14-26H2,2-7H3,(H,47,48). The highest BCUT2D eigenvalue weighted by Crippen LogP contribution is 2.76. The van der Waals surface area contributed by atoms with Gasteiger partial charge in [0.2, 0.25) is 0 Å². The predicted molar refractivity (Wildman–Crippen MR) is 194 cm³/mol. The van der Waals surface area contributed by atoms with Gasteiger partial charge < -0.3 is 15.5 Å². The highest BCUT2D eigenvalue weighted by atomic mass is 19.1. The lowest BCUT2D eigenvalue weighted by Crippen LogP contribution is -2.68. The van der Waals surface area contributed by atoms with Crippen LogP contribution in [0.1, 0.15) is 119 Å². The van der Waals surface area contributed by atoms with E-state index >= 15 is 0 Å². The number of alkyl halides is 1. The van der Waals surface area contributed by atoms with Gasteiger partial charge in [0.25, 0.3) is 0 Å². The van der Waals surface area contributed by atoms with Crippen molar-refractivity contribution >= 4 is 5.97 Å². The van der Waals surface area contributed by atoms with E-state index in [0.29, 0.717) is 48.9 Å². The molecule has 7 heteroatoms. The number of aliphatic hydroxyl groups is 1. The van der Waals surface area contributed by atoms with Crippen LogP contribution in [-0.2, 0) is 4.79 Å². The average Bonchev–Trinajstić information content (AvgIpc) is 3.65. The number of hydrogen-bond donors (Lipinski definition) is 4. The number of carboxylic acids is 1. The van der Waals surface area contributed by atoms with Crippen LogP contribution < -0.4 is 10.6 Å². The smallest absolute Gasteiger partial charge is 0.312 e. The van der Waals surface area contributed by atoms with Gasteiger partial charge in [-0.1, -0.05) is 58.9 Å². The first-order valence-electron chi connectivity index (χ1n) is 19.8. The summed E-state index contributed by atoms with van der Waals surface area (Å²) in [5.41, 5.74) is 3.74. The molecule has 6 nitrogen and oxygen atoms in total. The molecule has 4 N–H and O–H groups in total. The van der Waals surface area contributed by atoms with Gasteiger partial charge >= 0.3 is 5.97 Å². The Morgan fingerprint density at radius 3 is 2.41 bits per heavy atom. The molecule has 11 unspecified atom stereocenters. The summed E-state index contributed by atoms with van der Waals surface area (Å²) in [5.74, 6) is 2.11. The van der Waals surface area contributed by atoms with E-state index in [1.54, 1.807) is 0 Å². The SMILES string of the molecule is C=C(C)C1CCC2(NCCN3CCNC3O)CCC3(C)C(CCC4C5(C)CC=C(C6=CCC(CF)(C(=O)O)CC6)C(C)(C)C5CCC43C)C12. The number of hydrogen-bond acceptors (Lipinski definition) is 5. The van der Waals surface area contributed by atoms with Gasteiger partial charge in [-0.05, 0) is 146 Å². The number of carboxylic acid groups (broad SMARTS) is 1. The summed E-state index contributed by atoms with van der Waals surface area (Å²) < 4.78 is 14.0. The zero-order valence-corrected chi connectivity index (χ0v) is 31.5. The van der Waals surface area contributed by atoms with Crippen LogP contribution in [0.2, 0.25) is 0 Å². The first-order valence-corrected chi connectivity index (χ1v) is 19.8. The summed E-state index contributed by atoms with van der Waals surface area (Å²) in [5, 5.41) is 27.5. The molecular weight excluding hydrogens is 613 g/mol. The molecule has 0 aromatic heterocycles. The van der Waals surface area contributed by atoms with Gasteiger partial charge in [-0.3, -0.25) is 15.0 Å². The van der Waals surface area contributed by atoms with E-state index in [1.165, 1.54) is 68.1 Å². The molecule has 1 saturated heterocycles. The van der Waals surface area contributed by atoms with Gasteiger partial charge in [0.05, 0.1) is 5.41 Å². The largest absolute Gasteiger partial charge is 0.481 e. The molecule has 6 aliphatic carbocycles. The molecule has 11 atom stereocenters. The molecule has 1 heterocycles. The maximum atomic E-state index is 14.0. The highest BCUT2D eigenvalue weighted by Gasteiger charge is 2.70. The minimum Gasteiger partial charge on any atom is -0.481 e. The quantitative estimate of drug-likeness (QED) is 0.196. The van der Waals surface area contributed by atoms with Crippen molar-refractivity contribution in [3.05, 3.63) is 35.5 Å². The Labute approximate surface area is 295 Å². The first kappa shape index (κ1) is 35.8. The van der Waals surface area contributed by atoms with Crippen LogP contribution in [0.4, 0.5) is 4.39 Å². The molecular formula is C42H66FN3O3. The Bertz CT molecular complexity index is 1410. The van der Waals surface area contributed by atoms with Crippen LogP contribution in [0.25, 0.3) is 0 Å². The molecule has 0 aromatic carbocycles. The number of halogens is 1. The third kappa shape index (κ3) is 5.16. The summed E-state index contributed by atoms with van der Waals surface area (Å²) >= 11 is 0. The van der Waals surface area contributed by atoms with Gasteiger partial charge in [-0.15, -0.1) is 0 Å². The molecule has 0 amide bonds. The molecule has 0 bridgehead atoms. The second-order valence-electron chi connectivity index (χ2n) is 19.3. The molecule has 0 radical (unpaired) electrons. The van der Waals surface area contributed by atoms with Crippen molar-refractivity contribution in [2.45, 2.75) is 130 Å². The first-order chi connectivity index (χ1) is 23.1. The molecule has 1 aliphatic heterocycles. The van der Waals surface area contributed by atoms with E-state index in [1.807, 2.05) is 0 Å². The van der Waals surface area contributed by atoms with Crippen molar-refractivity contribution < 1.29 is 19.4 Å². The van der Waals surface area contributed by atoms with Crippen LogP contribution in [0.5, 0.6) is 0 Å². The lowest BCUT2D eigenvalue weighted by molar-refractivity contribution is -0.221. The van der Waals surface area contributed by atoms with Crippen LogP contribution in [-0.4, -0.2) is 65.8 Å². The molecule has 7 rings (SSSR count). The predicted octanol–water partition coefficient (Wildman–Crippen LogP) is 7.85. The molecule has 0 aromatic rings. The van der Waals surface area contributed by atoms with E-state index < -0.39 is 24.4 Å². The molecule has 274 valence electrons. The van der Waals surface area contributed by atoms with Crippen molar-refractivity contribution in [2.75, 3.05) is 32.9 Å². The number of nitrogens with one attached hydrogen (secondary N) is 2. The second-order valence-corrected chi connectivity index (χ2v) is 19.3. The Balaban J connectivity index is 1.15. The Hall–Kier alpha value is -1.54. The zero-order chi connectivity index (χ0) is 35.2. The van der Waals surface area contributed by atoms with E-state index in [0.717, 1.165) is 32.6 Å². The summed E-state index contributed by atoms with van der Waals surface area (Å²) in [7, 11) is 0. The third-order valence-corrected chi connectivity index (χ3v) is 17.3. The summed E-state index contributed by atoms with van der Waals surface area (Å²) in [6.45, 7) is 22.6. The molecule has 5 fully saturated rings. The fourth-order valence-corrected chi connectivity index (χ4v) is 14.4. The van der Waals surface area contributed by atoms with Crippen molar-refractivity contribution in [1.82, 2.24) is 15.5 Å². The van der Waals surface area contributed by atoms with Crippen molar-refractivity contribution in [2.24, 2.45) is 56.7 Å². The third-order valence-electron chi connectivity index (χ3n) is 17.3. The number of nitrogens with zero attached hydrogens (tertiary/aromatic N) is 1. The summed E-state index contributed by atoms with van der Waals surface area (Å²) in [4.78, 5) is 14.1. The normalized spacial score (nSPS) is 47.7. The van der Waals surface area contributed by atoms with Gasteiger partial charge in [0.15, 0.2) is 6.35 Å². The van der Waals surface area contributed by atoms with Crippen molar-refractivity contribution in [3.8, 4) is 0 Å². The Kier molecular flexibility index (Phi) is 8.98. The van der Waals surface area contributed by atoms with Gasteiger partial charge in [0.1, 0.15) is 6.67 Å². The number of aliphatic carboxylic acids is 1. The fourth-order valence-electron chi connectivity index (χ4n) is 14.4. The maximum absolute atomic E-state index is 14.0. The number of carbonyl (C=O) groups is 1. The van der Waals surface area contributed by atoms with E-state index in [4.69, 9.17) is 0 Å². The monoisotopic (exact) mass is 680 g/mol. The topological polar surface area (TPSA) is 84.8 Å². The van der Waals surface area contributed by atoms with E-state index in [2.05, 4.69) is 75.8 Å². The lowest BCUT2D eigenvalue weighted by atomic mass is 9.33. The minimum atomic E-state index is -1.25. The van der Waals surface area contributed by atoms with Crippen LogP contribution in [0, 0.1) is 56.7 Å². The van der Waals surface area contributed by atoms with E-state index in [9.17, 15) is 19.4 Å². The van der Waals surface area contributed by atoms with E-state index in [-0.39, 0.29) is 27.2 Å². The Morgan fingerprint density at radius 2 is 1.78 bits per heavy atom. The molecule has 49 heavy (non-hydrogen) atoms.